The average Bonchev–Trinajstić information content (AvgIpc) is 3.22. The number of pyridine rings is 3. The first-order valence-electron chi connectivity index (χ1n) is 10.4. The molecule has 0 bridgehead atoms. The fourth-order valence-corrected chi connectivity index (χ4v) is 3.59. The average molecular weight is 454 g/mol. The number of benzene rings is 1. The number of carbonyl (C=O) groups is 1. The Kier molecular flexibility index (Phi) is 5.43. The van der Waals surface area contributed by atoms with Crippen LogP contribution in [0, 0.1) is 5.82 Å². The number of fused-ring (bicyclic) bond motifs is 1. The van der Waals surface area contributed by atoms with E-state index in [1.807, 2.05) is 41.0 Å². The minimum Gasteiger partial charge on any atom is -0.461 e. The van der Waals surface area contributed by atoms with Gasteiger partial charge in [-0.1, -0.05) is 12.1 Å². The Morgan fingerprint density at radius 3 is 2.50 bits per heavy atom. The van der Waals surface area contributed by atoms with Gasteiger partial charge < -0.3 is 10.5 Å². The van der Waals surface area contributed by atoms with Gasteiger partial charge in [0.05, 0.1) is 23.1 Å². The molecule has 0 amide bonds. The zero-order valence-corrected chi connectivity index (χ0v) is 18.1. The largest absolute Gasteiger partial charge is 0.461 e. The summed E-state index contributed by atoms with van der Waals surface area (Å²) in [6.07, 6.45) is 2.77. The second-order valence-electron chi connectivity index (χ2n) is 7.55. The van der Waals surface area contributed by atoms with Crippen molar-refractivity contribution in [2.75, 3.05) is 5.73 Å². The zero-order chi connectivity index (χ0) is 23.7. The molecule has 8 nitrogen and oxygen atoms in total. The molecule has 0 fully saturated rings. The number of hydrogen-bond acceptors (Lipinski definition) is 7. The Bertz CT molecular complexity index is 1500. The number of nitrogens with zero attached hydrogens (tertiary/aromatic N) is 5. The van der Waals surface area contributed by atoms with Crippen LogP contribution in [0.1, 0.15) is 12.5 Å². The number of aromatic nitrogens is 5. The van der Waals surface area contributed by atoms with Crippen molar-refractivity contribution in [2.45, 2.75) is 13.5 Å². The number of carbonyl (C=O) groups excluding carboxylic acids is 1. The smallest absolute Gasteiger partial charge is 0.302 e. The standard InChI is InChI=1S/C25H19FN6O2/c1-15(33)34-14-16-4-7-18(8-5-16)32-24(19-3-2-12-28-23(19)27)31-22-11-10-21(30-25(22)32)20-9-6-17(26)13-29-20/h2-13H,14H2,1H3,(H2,27,28). The van der Waals surface area contributed by atoms with Gasteiger partial charge in [-0.2, -0.15) is 0 Å². The van der Waals surface area contributed by atoms with Gasteiger partial charge in [-0.25, -0.2) is 19.3 Å². The number of nitrogen functional groups attached to an aromatic ring is 1. The van der Waals surface area contributed by atoms with Gasteiger partial charge in [-0.15, -0.1) is 0 Å². The fraction of sp³-hybridized carbons (Fsp3) is 0.0800. The van der Waals surface area contributed by atoms with E-state index in [9.17, 15) is 9.18 Å². The van der Waals surface area contributed by atoms with E-state index in [0.717, 1.165) is 17.4 Å². The number of ether oxygens (including phenoxy) is 1. The first-order valence-corrected chi connectivity index (χ1v) is 10.4. The van der Waals surface area contributed by atoms with Gasteiger partial charge in [0.2, 0.25) is 0 Å². The summed E-state index contributed by atoms with van der Waals surface area (Å²) in [4.78, 5) is 29.1. The predicted molar refractivity (Wildman–Crippen MR) is 125 cm³/mol. The van der Waals surface area contributed by atoms with Gasteiger partial charge >= 0.3 is 5.97 Å². The maximum atomic E-state index is 13.4. The summed E-state index contributed by atoms with van der Waals surface area (Å²) in [5.74, 6) is 0.152. The quantitative estimate of drug-likeness (QED) is 0.394. The molecule has 0 spiro atoms. The summed E-state index contributed by atoms with van der Waals surface area (Å²) < 4.78 is 20.3. The highest BCUT2D eigenvalue weighted by Gasteiger charge is 2.19. The third-order valence-electron chi connectivity index (χ3n) is 5.21. The first kappa shape index (κ1) is 21.2. The van der Waals surface area contributed by atoms with Crippen LogP contribution in [0.4, 0.5) is 10.2 Å². The highest BCUT2D eigenvalue weighted by molar-refractivity contribution is 5.84. The molecule has 1 aromatic carbocycles. The molecule has 0 aliphatic rings. The normalized spacial score (nSPS) is 11.0. The summed E-state index contributed by atoms with van der Waals surface area (Å²) in [6, 6.07) is 17.7. The van der Waals surface area contributed by atoms with Crippen molar-refractivity contribution >= 4 is 23.0 Å². The lowest BCUT2D eigenvalue weighted by Crippen LogP contribution is -2.03. The van der Waals surface area contributed by atoms with Crippen molar-refractivity contribution in [2.24, 2.45) is 0 Å². The SMILES string of the molecule is CC(=O)OCc1ccc(-n2c(-c3cccnc3N)nc3ccc(-c4ccc(F)cn4)nc32)cc1. The molecule has 0 unspecified atom stereocenters. The second kappa shape index (κ2) is 8.70. The molecule has 5 aromatic rings. The van der Waals surface area contributed by atoms with Crippen molar-refractivity contribution in [1.29, 1.82) is 0 Å². The van der Waals surface area contributed by atoms with Crippen molar-refractivity contribution in [3.05, 3.63) is 84.4 Å². The van der Waals surface area contributed by atoms with Crippen LogP contribution in [0.3, 0.4) is 0 Å². The molecule has 0 aliphatic carbocycles. The molecule has 4 heterocycles. The second-order valence-corrected chi connectivity index (χ2v) is 7.55. The number of hydrogen-bond donors (Lipinski definition) is 1. The minimum atomic E-state index is -0.418. The van der Waals surface area contributed by atoms with E-state index >= 15 is 0 Å². The van der Waals surface area contributed by atoms with E-state index in [1.54, 1.807) is 24.4 Å². The Hall–Kier alpha value is -4.66. The van der Waals surface area contributed by atoms with Crippen LogP contribution in [0.25, 0.3) is 39.6 Å². The van der Waals surface area contributed by atoms with Gasteiger partial charge in [0, 0.05) is 18.8 Å². The predicted octanol–water partition coefficient (Wildman–Crippen LogP) is 4.33. The number of halogens is 1. The van der Waals surface area contributed by atoms with Crippen LogP contribution in [-0.2, 0) is 16.1 Å². The number of rotatable bonds is 5. The van der Waals surface area contributed by atoms with Gasteiger partial charge in [0.1, 0.15) is 23.8 Å². The Labute approximate surface area is 193 Å². The van der Waals surface area contributed by atoms with E-state index in [4.69, 9.17) is 20.4 Å². The molecule has 0 atom stereocenters. The van der Waals surface area contributed by atoms with E-state index in [0.29, 0.717) is 39.8 Å². The molecule has 0 radical (unpaired) electrons. The Morgan fingerprint density at radius 1 is 1.00 bits per heavy atom. The minimum absolute atomic E-state index is 0.182. The maximum absolute atomic E-state index is 13.4. The van der Waals surface area contributed by atoms with Crippen molar-refractivity contribution in [3.8, 4) is 28.5 Å². The third-order valence-corrected chi connectivity index (χ3v) is 5.21. The van der Waals surface area contributed by atoms with Gasteiger partial charge in [0.25, 0.3) is 0 Å². The maximum Gasteiger partial charge on any atom is 0.302 e. The summed E-state index contributed by atoms with van der Waals surface area (Å²) in [7, 11) is 0. The molecule has 4 aromatic heterocycles. The van der Waals surface area contributed by atoms with Crippen LogP contribution in [0.2, 0.25) is 0 Å². The van der Waals surface area contributed by atoms with Crippen molar-refractivity contribution in [3.63, 3.8) is 0 Å². The van der Waals surface area contributed by atoms with Crippen LogP contribution < -0.4 is 5.73 Å². The van der Waals surface area contributed by atoms with Crippen LogP contribution in [-0.4, -0.2) is 30.5 Å². The molecule has 168 valence electrons. The lowest BCUT2D eigenvalue weighted by molar-refractivity contribution is -0.142. The van der Waals surface area contributed by atoms with E-state index in [1.165, 1.54) is 13.0 Å². The highest BCUT2D eigenvalue weighted by Crippen LogP contribution is 2.31. The number of anilines is 1. The van der Waals surface area contributed by atoms with E-state index in [-0.39, 0.29) is 12.6 Å². The Morgan fingerprint density at radius 2 is 1.79 bits per heavy atom. The number of imidazole rings is 1. The summed E-state index contributed by atoms with van der Waals surface area (Å²) in [5.41, 5.74) is 10.8. The summed E-state index contributed by atoms with van der Waals surface area (Å²) >= 11 is 0. The van der Waals surface area contributed by atoms with E-state index < -0.39 is 5.82 Å². The van der Waals surface area contributed by atoms with Gasteiger partial charge in [0.15, 0.2) is 11.5 Å². The number of nitrogens with two attached hydrogens (primary N) is 1. The van der Waals surface area contributed by atoms with Crippen LogP contribution in [0.5, 0.6) is 0 Å². The molecular weight excluding hydrogens is 435 g/mol. The molecule has 34 heavy (non-hydrogen) atoms. The molecule has 0 aliphatic heterocycles. The lowest BCUT2D eigenvalue weighted by atomic mass is 10.2. The number of esters is 1. The van der Waals surface area contributed by atoms with Gasteiger partial charge in [-0.3, -0.25) is 14.3 Å². The molecule has 0 saturated carbocycles. The first-order chi connectivity index (χ1) is 16.5. The van der Waals surface area contributed by atoms with Crippen molar-refractivity contribution < 1.29 is 13.9 Å². The van der Waals surface area contributed by atoms with Crippen LogP contribution in [0.15, 0.2) is 73.1 Å². The topological polar surface area (TPSA) is 109 Å². The summed E-state index contributed by atoms with van der Waals surface area (Å²) in [6.45, 7) is 1.55. The fourth-order valence-electron chi connectivity index (χ4n) is 3.59. The summed E-state index contributed by atoms with van der Waals surface area (Å²) in [5, 5.41) is 0. The zero-order valence-electron chi connectivity index (χ0n) is 18.1. The third kappa shape index (κ3) is 4.06. The molecule has 5 rings (SSSR count). The monoisotopic (exact) mass is 454 g/mol. The molecular formula is C25H19FN6O2. The molecule has 9 heteroatoms. The van der Waals surface area contributed by atoms with E-state index in [2.05, 4.69) is 9.97 Å². The van der Waals surface area contributed by atoms with Crippen LogP contribution >= 0.6 is 0 Å². The highest BCUT2D eigenvalue weighted by atomic mass is 19.1. The lowest BCUT2D eigenvalue weighted by Gasteiger charge is -2.11. The molecule has 2 N–H and O–H groups in total. The van der Waals surface area contributed by atoms with Crippen molar-refractivity contribution in [1.82, 2.24) is 24.5 Å². The Balaban J connectivity index is 1.68. The molecule has 0 saturated heterocycles. The van der Waals surface area contributed by atoms with Gasteiger partial charge in [-0.05, 0) is 54.1 Å².